The summed E-state index contributed by atoms with van der Waals surface area (Å²) in [5, 5.41) is 7.07. The number of hydrogen-bond donors (Lipinski definition) is 2. The predicted octanol–water partition coefficient (Wildman–Crippen LogP) is 5.71. The first kappa shape index (κ1) is 25.1. The summed E-state index contributed by atoms with van der Waals surface area (Å²) in [6.45, 7) is 10.1. The largest absolute Gasteiger partial charge is 0.493 e. The molecule has 0 aliphatic carbocycles. The smallest absolute Gasteiger partial charge is 0.262 e. The molecule has 0 radical (unpaired) electrons. The highest BCUT2D eigenvalue weighted by Gasteiger charge is 2.19. The van der Waals surface area contributed by atoms with Crippen LogP contribution < -0.4 is 15.5 Å². The number of halogens is 3. The Labute approximate surface area is 191 Å². The molecular weight excluding hydrogens is 436 g/mol. The van der Waals surface area contributed by atoms with Crippen molar-refractivity contribution in [1.29, 1.82) is 0 Å². The number of benzene rings is 2. The van der Waals surface area contributed by atoms with Gasteiger partial charge in [-0.25, -0.2) is 8.78 Å². The maximum Gasteiger partial charge on any atom is 0.262 e. The number of amides is 1. The Morgan fingerprint density at radius 2 is 1.94 bits per heavy atom. The van der Waals surface area contributed by atoms with Gasteiger partial charge in [-0.15, -0.1) is 0 Å². The van der Waals surface area contributed by atoms with Gasteiger partial charge in [0.25, 0.3) is 5.91 Å². The van der Waals surface area contributed by atoms with Crippen LogP contribution in [0.25, 0.3) is 6.08 Å². The monoisotopic (exact) mass is 461 g/mol. The second-order valence-corrected chi connectivity index (χ2v) is 7.74. The van der Waals surface area contributed by atoms with E-state index >= 15 is 0 Å². The number of ether oxygens (including phenoxy) is 1. The zero-order valence-corrected chi connectivity index (χ0v) is 19.0. The normalized spacial score (nSPS) is 11.7. The molecule has 0 spiro atoms. The molecule has 2 aromatic rings. The lowest BCUT2D eigenvalue weighted by atomic mass is 10.1. The Hall–Kier alpha value is -3.19. The van der Waals surface area contributed by atoms with E-state index in [1.54, 1.807) is 31.2 Å². The molecule has 0 atom stereocenters. The number of amidine groups is 1. The van der Waals surface area contributed by atoms with Gasteiger partial charge in [0.1, 0.15) is 22.9 Å². The summed E-state index contributed by atoms with van der Waals surface area (Å²) < 4.78 is 34.2. The van der Waals surface area contributed by atoms with E-state index in [4.69, 9.17) is 16.3 Å². The molecule has 0 saturated heterocycles. The van der Waals surface area contributed by atoms with Crippen LogP contribution in [-0.2, 0) is 6.54 Å². The predicted molar refractivity (Wildman–Crippen MR) is 125 cm³/mol. The van der Waals surface area contributed by atoms with E-state index in [9.17, 15) is 13.6 Å². The lowest BCUT2D eigenvalue weighted by Crippen LogP contribution is -2.32. The number of hydrazone groups is 1. The molecule has 5 nitrogen and oxygen atoms in total. The maximum absolute atomic E-state index is 14.2. The summed E-state index contributed by atoms with van der Waals surface area (Å²) in [6, 6.07) is 7.33. The fraction of sp³-hybridized carbons (Fsp3) is 0.250. The molecule has 0 heterocycles. The third-order valence-corrected chi connectivity index (χ3v) is 4.39. The third-order valence-electron chi connectivity index (χ3n) is 4.16. The first-order valence-corrected chi connectivity index (χ1v) is 10.4. The number of rotatable bonds is 9. The number of carbonyl (C=O) groups is 1. The molecule has 0 aliphatic rings. The minimum atomic E-state index is -0.990. The number of hydrogen-bond acceptors (Lipinski definition) is 4. The molecule has 0 saturated carbocycles. The van der Waals surface area contributed by atoms with Crippen LogP contribution in [0.15, 0.2) is 54.2 Å². The molecule has 2 N–H and O–H groups in total. The fourth-order valence-electron chi connectivity index (χ4n) is 2.66. The lowest BCUT2D eigenvalue weighted by Gasteiger charge is -2.14. The Morgan fingerprint density at radius 1 is 1.25 bits per heavy atom. The molecule has 32 heavy (non-hydrogen) atoms. The molecule has 170 valence electrons. The van der Waals surface area contributed by atoms with Crippen LogP contribution in [0.2, 0.25) is 5.02 Å². The fourth-order valence-corrected chi connectivity index (χ4v) is 2.86. The van der Waals surface area contributed by atoms with Crippen LogP contribution in [0.5, 0.6) is 5.75 Å². The Bertz CT molecular complexity index is 1010. The average molecular weight is 462 g/mol. The lowest BCUT2D eigenvalue weighted by molar-refractivity contribution is 0.0969. The van der Waals surface area contributed by atoms with Crippen molar-refractivity contribution in [3.05, 3.63) is 82.4 Å². The van der Waals surface area contributed by atoms with Crippen molar-refractivity contribution in [2.24, 2.45) is 11.0 Å². The zero-order chi connectivity index (χ0) is 23.7. The topological polar surface area (TPSA) is 62.7 Å². The number of allylic oxidation sites excluding steroid dienone is 1. The SMILES string of the molecule is C=Cc1cc(F)c(C(=O)NC(/C=C/C)=N/NCc2cc(Cl)ccc2OCC(C)C)c(F)c1. The van der Waals surface area contributed by atoms with E-state index in [-0.39, 0.29) is 17.9 Å². The number of nitrogens with zero attached hydrogens (tertiary/aromatic N) is 1. The molecule has 0 fully saturated rings. The summed E-state index contributed by atoms with van der Waals surface area (Å²) in [6.07, 6.45) is 4.41. The van der Waals surface area contributed by atoms with Crippen molar-refractivity contribution >= 4 is 29.4 Å². The summed E-state index contributed by atoms with van der Waals surface area (Å²) in [5.74, 6) is -1.85. The van der Waals surface area contributed by atoms with E-state index < -0.39 is 23.1 Å². The van der Waals surface area contributed by atoms with Gasteiger partial charge in [-0.3, -0.25) is 4.79 Å². The van der Waals surface area contributed by atoms with Crippen molar-refractivity contribution in [3.63, 3.8) is 0 Å². The van der Waals surface area contributed by atoms with E-state index in [0.717, 1.165) is 17.7 Å². The quantitative estimate of drug-likeness (QED) is 0.286. The highest BCUT2D eigenvalue weighted by Crippen LogP contribution is 2.23. The minimum absolute atomic E-state index is 0.0794. The van der Waals surface area contributed by atoms with Crippen molar-refractivity contribution in [2.45, 2.75) is 27.3 Å². The summed E-state index contributed by atoms with van der Waals surface area (Å²) in [7, 11) is 0. The minimum Gasteiger partial charge on any atom is -0.493 e. The van der Waals surface area contributed by atoms with Gasteiger partial charge in [-0.1, -0.05) is 44.2 Å². The van der Waals surface area contributed by atoms with Gasteiger partial charge in [0, 0.05) is 10.6 Å². The van der Waals surface area contributed by atoms with Gasteiger partial charge < -0.3 is 15.5 Å². The van der Waals surface area contributed by atoms with Gasteiger partial charge in [-0.05, 0) is 54.8 Å². The van der Waals surface area contributed by atoms with Crippen LogP contribution in [0, 0.1) is 17.6 Å². The van der Waals surface area contributed by atoms with Crippen LogP contribution >= 0.6 is 11.6 Å². The molecule has 0 unspecified atom stereocenters. The van der Waals surface area contributed by atoms with Gasteiger partial charge in [0.15, 0.2) is 5.84 Å². The molecule has 1 amide bonds. The molecule has 0 aromatic heterocycles. The molecular formula is C24H26ClF2N3O2. The standard InChI is InChI=1S/C24H26ClF2N3O2/c1-5-7-22(29-24(31)23-19(26)10-16(6-2)11-20(23)27)30-28-13-17-12-18(25)8-9-21(17)32-14-15(3)4/h5-12,15,28H,2,13-14H2,1,3-4H3,(H,29,30,31)/b7-5+. The van der Waals surface area contributed by atoms with Crippen molar-refractivity contribution in [1.82, 2.24) is 10.7 Å². The highest BCUT2D eigenvalue weighted by molar-refractivity contribution is 6.30. The number of carbonyl (C=O) groups excluding carboxylic acids is 1. The van der Waals surface area contributed by atoms with Crippen LogP contribution in [0.1, 0.15) is 42.3 Å². The van der Waals surface area contributed by atoms with Crippen LogP contribution in [-0.4, -0.2) is 18.3 Å². The van der Waals surface area contributed by atoms with Crippen LogP contribution in [0.4, 0.5) is 8.78 Å². The van der Waals surface area contributed by atoms with Gasteiger partial charge in [0.05, 0.1) is 13.2 Å². The molecule has 0 aliphatic heterocycles. The van der Waals surface area contributed by atoms with Gasteiger partial charge >= 0.3 is 0 Å². The van der Waals surface area contributed by atoms with Gasteiger partial charge in [-0.2, -0.15) is 5.10 Å². The zero-order valence-electron chi connectivity index (χ0n) is 18.2. The second-order valence-electron chi connectivity index (χ2n) is 7.31. The van der Waals surface area contributed by atoms with E-state index in [1.165, 1.54) is 12.2 Å². The summed E-state index contributed by atoms with van der Waals surface area (Å²) in [4.78, 5) is 12.5. The highest BCUT2D eigenvalue weighted by atomic mass is 35.5. The first-order chi connectivity index (χ1) is 15.2. The Balaban J connectivity index is 2.16. The van der Waals surface area contributed by atoms with Crippen LogP contribution in [0.3, 0.4) is 0 Å². The number of nitrogens with one attached hydrogen (secondary N) is 2. The van der Waals surface area contributed by atoms with Crippen molar-refractivity contribution in [2.75, 3.05) is 6.61 Å². The van der Waals surface area contributed by atoms with Gasteiger partial charge in [0.2, 0.25) is 0 Å². The Morgan fingerprint density at radius 3 is 2.53 bits per heavy atom. The van der Waals surface area contributed by atoms with Crippen molar-refractivity contribution in [3.8, 4) is 5.75 Å². The van der Waals surface area contributed by atoms with E-state index in [0.29, 0.717) is 23.3 Å². The average Bonchev–Trinajstić information content (AvgIpc) is 2.72. The van der Waals surface area contributed by atoms with E-state index in [1.807, 2.05) is 13.8 Å². The van der Waals surface area contributed by atoms with Crippen molar-refractivity contribution < 1.29 is 18.3 Å². The Kier molecular flexibility index (Phi) is 9.40. The first-order valence-electron chi connectivity index (χ1n) is 10.0. The second kappa shape index (κ2) is 12.0. The molecule has 0 bridgehead atoms. The summed E-state index contributed by atoms with van der Waals surface area (Å²) in [5.41, 5.74) is 3.13. The molecule has 8 heteroatoms. The maximum atomic E-state index is 14.2. The molecule has 2 rings (SSSR count). The van der Waals surface area contributed by atoms with E-state index in [2.05, 4.69) is 22.4 Å². The third kappa shape index (κ3) is 7.20. The summed E-state index contributed by atoms with van der Waals surface area (Å²) >= 11 is 6.09. The molecule has 2 aromatic carbocycles.